The Morgan fingerprint density at radius 2 is 2.31 bits per heavy atom. The van der Waals surface area contributed by atoms with Crippen LogP contribution in [0.1, 0.15) is 12.0 Å². The van der Waals surface area contributed by atoms with E-state index in [0.29, 0.717) is 17.0 Å². The van der Waals surface area contributed by atoms with Gasteiger partial charge in [0.1, 0.15) is 11.8 Å². The Kier molecular flexibility index (Phi) is 4.16. The molecule has 1 aromatic carbocycles. The van der Waals surface area contributed by atoms with Crippen molar-refractivity contribution in [2.24, 2.45) is 0 Å². The van der Waals surface area contributed by atoms with Gasteiger partial charge < -0.3 is 15.2 Å². The van der Waals surface area contributed by atoms with Crippen LogP contribution < -0.4 is 10.5 Å². The van der Waals surface area contributed by atoms with E-state index in [1.165, 1.54) is 13.2 Å². The van der Waals surface area contributed by atoms with Crippen LogP contribution in [0.3, 0.4) is 0 Å². The van der Waals surface area contributed by atoms with E-state index < -0.39 is 0 Å². The third-order valence-corrected chi connectivity index (χ3v) is 1.95. The molecule has 0 fully saturated rings. The maximum atomic E-state index is 10.8. The summed E-state index contributed by atoms with van der Waals surface area (Å²) in [5, 5.41) is 8.73. The van der Waals surface area contributed by atoms with E-state index in [9.17, 15) is 4.79 Å². The van der Waals surface area contributed by atoms with Crippen LogP contribution in [-0.4, -0.2) is 19.7 Å². The molecule has 0 saturated heterocycles. The lowest BCUT2D eigenvalue weighted by Gasteiger charge is -2.06. The minimum absolute atomic E-state index is 0.169. The Morgan fingerprint density at radius 1 is 1.56 bits per heavy atom. The smallest absolute Gasteiger partial charge is 0.308 e. The standard InChI is InChI=1S/C11H12N2O3/c1-15-11(14)4-5-16-9-2-3-10(13)8(6-9)7-12/h2-3,6H,4-5,13H2,1H3. The fourth-order valence-electron chi connectivity index (χ4n) is 1.08. The van der Waals surface area contributed by atoms with Crippen LogP contribution in [0.4, 0.5) is 5.69 Å². The van der Waals surface area contributed by atoms with Gasteiger partial charge in [0.25, 0.3) is 0 Å². The lowest BCUT2D eigenvalue weighted by molar-refractivity contribution is -0.141. The fraction of sp³-hybridized carbons (Fsp3) is 0.273. The van der Waals surface area contributed by atoms with Gasteiger partial charge in [-0.2, -0.15) is 5.26 Å². The van der Waals surface area contributed by atoms with Crippen LogP contribution in [-0.2, 0) is 9.53 Å². The van der Waals surface area contributed by atoms with E-state index in [-0.39, 0.29) is 19.0 Å². The average molecular weight is 220 g/mol. The van der Waals surface area contributed by atoms with Gasteiger partial charge in [-0.1, -0.05) is 0 Å². The summed E-state index contributed by atoms with van der Waals surface area (Å²) in [6.07, 6.45) is 0.169. The number of esters is 1. The van der Waals surface area contributed by atoms with E-state index in [2.05, 4.69) is 4.74 Å². The zero-order chi connectivity index (χ0) is 12.0. The van der Waals surface area contributed by atoms with E-state index in [4.69, 9.17) is 15.7 Å². The number of carbonyl (C=O) groups is 1. The zero-order valence-electron chi connectivity index (χ0n) is 8.90. The quantitative estimate of drug-likeness (QED) is 0.606. The third-order valence-electron chi connectivity index (χ3n) is 1.95. The Bertz CT molecular complexity index is 424. The zero-order valence-corrected chi connectivity index (χ0v) is 8.90. The highest BCUT2D eigenvalue weighted by Crippen LogP contribution is 2.18. The van der Waals surface area contributed by atoms with Crippen molar-refractivity contribution in [2.75, 3.05) is 19.5 Å². The molecule has 2 N–H and O–H groups in total. The van der Waals surface area contributed by atoms with E-state index in [1.54, 1.807) is 12.1 Å². The van der Waals surface area contributed by atoms with Gasteiger partial charge in [-0.15, -0.1) is 0 Å². The van der Waals surface area contributed by atoms with Crippen molar-refractivity contribution < 1.29 is 14.3 Å². The summed E-state index contributed by atoms with van der Waals surface area (Å²) in [5.41, 5.74) is 6.31. The molecule has 0 aromatic heterocycles. The number of anilines is 1. The molecular formula is C11H12N2O3. The van der Waals surface area contributed by atoms with E-state index >= 15 is 0 Å². The predicted octanol–water partition coefficient (Wildman–Crippen LogP) is 1.08. The number of ether oxygens (including phenoxy) is 2. The van der Waals surface area contributed by atoms with Gasteiger partial charge in [0.05, 0.1) is 25.7 Å². The first-order valence-electron chi connectivity index (χ1n) is 4.66. The molecule has 5 nitrogen and oxygen atoms in total. The number of methoxy groups -OCH3 is 1. The van der Waals surface area contributed by atoms with Crippen LogP contribution >= 0.6 is 0 Å². The fourth-order valence-corrected chi connectivity index (χ4v) is 1.08. The van der Waals surface area contributed by atoms with Gasteiger partial charge in [-0.05, 0) is 18.2 Å². The molecule has 0 atom stereocenters. The number of benzene rings is 1. The number of carbonyl (C=O) groups excluding carboxylic acids is 1. The van der Waals surface area contributed by atoms with E-state index in [0.717, 1.165) is 0 Å². The first-order valence-corrected chi connectivity index (χ1v) is 4.66. The molecule has 0 bridgehead atoms. The second kappa shape index (κ2) is 5.61. The lowest BCUT2D eigenvalue weighted by Crippen LogP contribution is -2.07. The molecule has 84 valence electrons. The summed E-state index contributed by atoms with van der Waals surface area (Å²) in [6, 6.07) is 6.72. The molecule has 0 heterocycles. The number of rotatable bonds is 4. The highest BCUT2D eigenvalue weighted by atomic mass is 16.5. The number of nitrogens with zero attached hydrogens (tertiary/aromatic N) is 1. The molecule has 1 aromatic rings. The van der Waals surface area contributed by atoms with Gasteiger partial charge in [0.15, 0.2) is 0 Å². The summed E-state index contributed by atoms with van der Waals surface area (Å²) in [5.74, 6) is 0.172. The Hall–Kier alpha value is -2.22. The predicted molar refractivity (Wildman–Crippen MR) is 57.7 cm³/mol. The number of nitrogen functional groups attached to an aromatic ring is 1. The van der Waals surface area contributed by atoms with Crippen molar-refractivity contribution in [2.45, 2.75) is 6.42 Å². The summed E-state index contributed by atoms with van der Waals surface area (Å²) >= 11 is 0. The van der Waals surface area contributed by atoms with Crippen LogP contribution in [0, 0.1) is 11.3 Å². The van der Waals surface area contributed by atoms with Crippen LogP contribution in [0.5, 0.6) is 5.75 Å². The Morgan fingerprint density at radius 3 is 2.94 bits per heavy atom. The first kappa shape index (κ1) is 11.9. The maximum Gasteiger partial charge on any atom is 0.308 e. The first-order chi connectivity index (χ1) is 7.67. The lowest BCUT2D eigenvalue weighted by atomic mass is 10.2. The van der Waals surface area contributed by atoms with Gasteiger partial charge in [-0.25, -0.2) is 0 Å². The van der Waals surface area contributed by atoms with Gasteiger partial charge in [-0.3, -0.25) is 4.79 Å². The highest BCUT2D eigenvalue weighted by molar-refractivity contribution is 5.69. The summed E-state index contributed by atoms with van der Waals surface area (Å²) in [6.45, 7) is 0.210. The molecule has 0 aliphatic carbocycles. The molecule has 1 rings (SSSR count). The molecule has 5 heteroatoms. The molecule has 0 aliphatic heterocycles. The average Bonchev–Trinajstić information content (AvgIpc) is 2.31. The molecule has 0 aliphatic rings. The van der Waals surface area contributed by atoms with Gasteiger partial charge in [0, 0.05) is 5.69 Å². The molecular weight excluding hydrogens is 208 g/mol. The monoisotopic (exact) mass is 220 g/mol. The van der Waals surface area contributed by atoms with Crippen LogP contribution in [0.15, 0.2) is 18.2 Å². The normalized spacial score (nSPS) is 9.25. The molecule has 0 unspecified atom stereocenters. The number of hydrogen-bond acceptors (Lipinski definition) is 5. The third kappa shape index (κ3) is 3.17. The summed E-state index contributed by atoms with van der Waals surface area (Å²) in [4.78, 5) is 10.8. The number of nitrogens with two attached hydrogens (primary N) is 1. The van der Waals surface area contributed by atoms with Crippen molar-refractivity contribution in [1.82, 2.24) is 0 Å². The minimum atomic E-state index is -0.337. The molecule has 0 amide bonds. The minimum Gasteiger partial charge on any atom is -0.493 e. The van der Waals surface area contributed by atoms with Gasteiger partial charge in [0.2, 0.25) is 0 Å². The van der Waals surface area contributed by atoms with Crippen LogP contribution in [0.25, 0.3) is 0 Å². The molecule has 0 spiro atoms. The van der Waals surface area contributed by atoms with E-state index in [1.807, 2.05) is 6.07 Å². The maximum absolute atomic E-state index is 10.8. The van der Waals surface area contributed by atoms with Crippen molar-refractivity contribution in [3.8, 4) is 11.8 Å². The van der Waals surface area contributed by atoms with Crippen molar-refractivity contribution >= 4 is 11.7 Å². The number of nitriles is 1. The SMILES string of the molecule is COC(=O)CCOc1ccc(N)c(C#N)c1. The van der Waals surface area contributed by atoms with Crippen molar-refractivity contribution in [3.63, 3.8) is 0 Å². The topological polar surface area (TPSA) is 85.3 Å². The van der Waals surface area contributed by atoms with Crippen LogP contribution in [0.2, 0.25) is 0 Å². The number of hydrogen-bond donors (Lipinski definition) is 1. The second-order valence-corrected chi connectivity index (χ2v) is 3.04. The van der Waals surface area contributed by atoms with Crippen molar-refractivity contribution in [1.29, 1.82) is 5.26 Å². The van der Waals surface area contributed by atoms with Gasteiger partial charge >= 0.3 is 5.97 Å². The highest BCUT2D eigenvalue weighted by Gasteiger charge is 2.03. The molecule has 16 heavy (non-hydrogen) atoms. The molecule has 0 radical (unpaired) electrons. The second-order valence-electron chi connectivity index (χ2n) is 3.04. The molecule has 0 saturated carbocycles. The Balaban J connectivity index is 2.55. The summed E-state index contributed by atoms with van der Waals surface area (Å²) in [7, 11) is 1.32. The van der Waals surface area contributed by atoms with Crippen molar-refractivity contribution in [3.05, 3.63) is 23.8 Å². The summed E-state index contributed by atoms with van der Waals surface area (Å²) < 4.78 is 9.73. The largest absolute Gasteiger partial charge is 0.493 e. The Labute approximate surface area is 93.4 Å².